The molecular weight excluding hydrogens is 348 g/mol. The molecule has 0 spiro atoms. The maximum absolute atomic E-state index is 12.7. The summed E-state index contributed by atoms with van der Waals surface area (Å²) in [5.74, 6) is 0. The van der Waals surface area contributed by atoms with Crippen molar-refractivity contribution in [3.63, 3.8) is 0 Å². The lowest BCUT2D eigenvalue weighted by atomic mass is 10.2. The molecule has 0 amide bonds. The lowest BCUT2D eigenvalue weighted by Gasteiger charge is -2.11. The third-order valence-corrected chi connectivity index (χ3v) is 5.47. The van der Waals surface area contributed by atoms with Crippen LogP contribution in [-0.2, 0) is 16.4 Å². The molecule has 26 heavy (non-hydrogen) atoms. The van der Waals surface area contributed by atoms with E-state index in [0.717, 1.165) is 30.5 Å². The molecule has 0 atom stereocenters. The Morgan fingerprint density at radius 1 is 1.12 bits per heavy atom. The summed E-state index contributed by atoms with van der Waals surface area (Å²) in [6.45, 7) is 3.99. The van der Waals surface area contributed by atoms with Gasteiger partial charge in [0.05, 0.1) is 28.2 Å². The summed E-state index contributed by atoms with van der Waals surface area (Å²) in [6, 6.07) is 14.0. The molecule has 6 nitrogen and oxygen atoms in total. The molecule has 7 heteroatoms. The summed E-state index contributed by atoms with van der Waals surface area (Å²) in [6.07, 6.45) is 4.85. The number of nitrogens with one attached hydrogen (secondary N) is 1. The highest BCUT2D eigenvalue weighted by Gasteiger charge is 2.16. The molecule has 0 radical (unpaired) electrons. The van der Waals surface area contributed by atoms with Gasteiger partial charge in [-0.3, -0.25) is 4.72 Å². The number of rotatable bonds is 7. The second-order valence-corrected chi connectivity index (χ2v) is 7.86. The lowest BCUT2D eigenvalue weighted by Crippen LogP contribution is -2.14. The van der Waals surface area contributed by atoms with Gasteiger partial charge in [0, 0.05) is 0 Å². The first-order chi connectivity index (χ1) is 12.5. The minimum atomic E-state index is -3.69. The number of aromatic nitrogens is 3. The van der Waals surface area contributed by atoms with E-state index >= 15 is 0 Å². The van der Waals surface area contributed by atoms with Gasteiger partial charge in [0.25, 0.3) is 10.0 Å². The molecule has 0 unspecified atom stereocenters. The first-order valence-corrected chi connectivity index (χ1v) is 10.1. The Bertz CT molecular complexity index is 996. The van der Waals surface area contributed by atoms with Gasteiger partial charge in [-0.15, -0.1) is 5.10 Å². The molecule has 0 saturated heterocycles. The second-order valence-electron chi connectivity index (χ2n) is 6.18. The summed E-state index contributed by atoms with van der Waals surface area (Å²) < 4.78 is 29.7. The third kappa shape index (κ3) is 4.11. The molecule has 1 N–H and O–H groups in total. The monoisotopic (exact) mass is 370 g/mol. The molecule has 2 aromatic carbocycles. The minimum absolute atomic E-state index is 0.184. The number of para-hydroxylation sites is 1. The average molecular weight is 370 g/mol. The fourth-order valence-corrected chi connectivity index (χ4v) is 3.75. The van der Waals surface area contributed by atoms with Crippen LogP contribution in [0.25, 0.3) is 5.69 Å². The molecule has 0 aliphatic heterocycles. The fraction of sp³-hybridized carbons (Fsp3) is 0.263. The van der Waals surface area contributed by atoms with Crippen LogP contribution in [0.4, 0.5) is 5.69 Å². The van der Waals surface area contributed by atoms with Crippen LogP contribution in [-0.4, -0.2) is 23.4 Å². The summed E-state index contributed by atoms with van der Waals surface area (Å²) in [7, 11) is -3.69. The molecule has 0 aliphatic carbocycles. The van der Waals surface area contributed by atoms with Crippen LogP contribution in [0.15, 0.2) is 59.6 Å². The second kappa shape index (κ2) is 7.70. The van der Waals surface area contributed by atoms with E-state index < -0.39 is 10.0 Å². The van der Waals surface area contributed by atoms with Crippen LogP contribution in [0.5, 0.6) is 0 Å². The van der Waals surface area contributed by atoms with Crippen molar-refractivity contribution < 1.29 is 8.42 Å². The normalized spacial score (nSPS) is 11.5. The van der Waals surface area contributed by atoms with Crippen molar-refractivity contribution in [2.45, 2.75) is 38.0 Å². The van der Waals surface area contributed by atoms with E-state index in [1.165, 1.54) is 0 Å². The van der Waals surface area contributed by atoms with Crippen molar-refractivity contribution in [3.05, 3.63) is 66.0 Å². The van der Waals surface area contributed by atoms with Crippen molar-refractivity contribution in [2.75, 3.05) is 4.72 Å². The topological polar surface area (TPSA) is 76.9 Å². The molecule has 0 fully saturated rings. The Labute approximate surface area is 153 Å². The van der Waals surface area contributed by atoms with Gasteiger partial charge >= 0.3 is 0 Å². The summed E-state index contributed by atoms with van der Waals surface area (Å²) in [4.78, 5) is 0.184. The quantitative estimate of drug-likeness (QED) is 0.688. The molecular formula is C19H22N4O2S. The van der Waals surface area contributed by atoms with Gasteiger partial charge in [-0.1, -0.05) is 42.8 Å². The molecule has 136 valence electrons. The zero-order chi connectivity index (χ0) is 18.6. The SMILES string of the molecule is CCCCc1cn(-c2cccc(S(=O)(=O)Nc3ccccc3C)c2)nn1. The Balaban J connectivity index is 1.86. The van der Waals surface area contributed by atoms with Gasteiger partial charge in [0.2, 0.25) is 0 Å². The van der Waals surface area contributed by atoms with Crippen molar-refractivity contribution in [1.82, 2.24) is 15.0 Å². The van der Waals surface area contributed by atoms with E-state index in [0.29, 0.717) is 11.4 Å². The number of nitrogens with zero attached hydrogens (tertiary/aromatic N) is 3. The fourth-order valence-electron chi connectivity index (χ4n) is 2.58. The van der Waals surface area contributed by atoms with Crippen molar-refractivity contribution in [1.29, 1.82) is 0 Å². The molecule has 0 saturated carbocycles. The first-order valence-electron chi connectivity index (χ1n) is 8.60. The summed E-state index contributed by atoms with van der Waals surface area (Å²) in [5, 5.41) is 8.26. The van der Waals surface area contributed by atoms with E-state index in [9.17, 15) is 8.42 Å². The Morgan fingerprint density at radius 2 is 1.92 bits per heavy atom. The van der Waals surface area contributed by atoms with Gasteiger partial charge in [0.1, 0.15) is 0 Å². The maximum atomic E-state index is 12.7. The zero-order valence-electron chi connectivity index (χ0n) is 14.9. The van der Waals surface area contributed by atoms with Gasteiger partial charge in [-0.2, -0.15) is 0 Å². The van der Waals surface area contributed by atoms with Crippen LogP contribution < -0.4 is 4.72 Å². The standard InChI is InChI=1S/C19H22N4O2S/c1-3-4-9-16-14-23(22-20-16)17-10-7-11-18(13-17)26(24,25)21-19-12-6-5-8-15(19)2/h5-8,10-14,21H,3-4,9H2,1-2H3. The van der Waals surface area contributed by atoms with E-state index in [4.69, 9.17) is 0 Å². The van der Waals surface area contributed by atoms with Gasteiger partial charge in [0.15, 0.2) is 0 Å². The van der Waals surface area contributed by atoms with E-state index in [2.05, 4.69) is 22.0 Å². The van der Waals surface area contributed by atoms with Gasteiger partial charge in [-0.25, -0.2) is 13.1 Å². The largest absolute Gasteiger partial charge is 0.279 e. The summed E-state index contributed by atoms with van der Waals surface area (Å²) in [5.41, 5.74) is 3.00. The lowest BCUT2D eigenvalue weighted by molar-refractivity contribution is 0.601. The van der Waals surface area contributed by atoms with Gasteiger partial charge < -0.3 is 0 Å². The Hall–Kier alpha value is -2.67. The first kappa shape index (κ1) is 18.1. The molecule has 1 heterocycles. The number of sulfonamides is 1. The smallest absolute Gasteiger partial charge is 0.261 e. The molecule has 1 aromatic heterocycles. The Morgan fingerprint density at radius 3 is 2.69 bits per heavy atom. The van der Waals surface area contributed by atoms with E-state index in [1.54, 1.807) is 35.0 Å². The van der Waals surface area contributed by atoms with Crippen LogP contribution in [0.1, 0.15) is 31.0 Å². The predicted molar refractivity (Wildman–Crippen MR) is 102 cm³/mol. The number of aryl methyl sites for hydroxylation is 2. The highest BCUT2D eigenvalue weighted by molar-refractivity contribution is 7.92. The van der Waals surface area contributed by atoms with Crippen LogP contribution in [0.3, 0.4) is 0 Å². The zero-order valence-corrected chi connectivity index (χ0v) is 15.7. The minimum Gasteiger partial charge on any atom is -0.279 e. The number of benzene rings is 2. The number of unbranched alkanes of at least 4 members (excludes halogenated alkanes) is 1. The molecule has 3 rings (SSSR count). The highest BCUT2D eigenvalue weighted by atomic mass is 32.2. The molecule has 3 aromatic rings. The summed E-state index contributed by atoms with van der Waals surface area (Å²) >= 11 is 0. The van der Waals surface area contributed by atoms with E-state index in [1.807, 2.05) is 31.3 Å². The van der Waals surface area contributed by atoms with Crippen LogP contribution >= 0.6 is 0 Å². The van der Waals surface area contributed by atoms with E-state index in [-0.39, 0.29) is 4.90 Å². The number of anilines is 1. The number of hydrogen-bond donors (Lipinski definition) is 1. The van der Waals surface area contributed by atoms with Gasteiger partial charge in [-0.05, 0) is 49.6 Å². The highest BCUT2D eigenvalue weighted by Crippen LogP contribution is 2.21. The van der Waals surface area contributed by atoms with Crippen molar-refractivity contribution in [2.24, 2.45) is 0 Å². The van der Waals surface area contributed by atoms with Crippen molar-refractivity contribution >= 4 is 15.7 Å². The van der Waals surface area contributed by atoms with Crippen LogP contribution in [0.2, 0.25) is 0 Å². The molecule has 0 bridgehead atoms. The predicted octanol–water partition coefficient (Wildman–Crippen LogP) is 3.72. The average Bonchev–Trinajstić information content (AvgIpc) is 3.11. The van der Waals surface area contributed by atoms with Crippen LogP contribution in [0, 0.1) is 6.92 Å². The molecule has 0 aliphatic rings. The Kier molecular flexibility index (Phi) is 5.37. The third-order valence-electron chi connectivity index (χ3n) is 4.11. The number of hydrogen-bond acceptors (Lipinski definition) is 4. The van der Waals surface area contributed by atoms with Crippen molar-refractivity contribution in [3.8, 4) is 5.69 Å². The maximum Gasteiger partial charge on any atom is 0.261 e.